The van der Waals surface area contributed by atoms with Crippen LogP contribution in [0.1, 0.15) is 54.4 Å². The monoisotopic (exact) mass is 297 g/mol. The Balaban J connectivity index is 2.90. The first-order chi connectivity index (χ1) is 9.44. The van der Waals surface area contributed by atoms with Gasteiger partial charge >= 0.3 is 12.1 Å². The van der Waals surface area contributed by atoms with Crippen LogP contribution in [0.2, 0.25) is 0 Å². The second-order valence-electron chi connectivity index (χ2n) is 7.32. The van der Waals surface area contributed by atoms with Gasteiger partial charge in [-0.1, -0.05) is 6.08 Å². The largest absolute Gasteiger partial charge is 0.458 e. The van der Waals surface area contributed by atoms with Gasteiger partial charge < -0.3 is 9.47 Å². The first kappa shape index (κ1) is 17.5. The summed E-state index contributed by atoms with van der Waals surface area (Å²) in [6.45, 7) is 14.6. The minimum Gasteiger partial charge on any atom is -0.458 e. The van der Waals surface area contributed by atoms with Gasteiger partial charge in [-0.05, 0) is 54.4 Å². The van der Waals surface area contributed by atoms with Gasteiger partial charge in [0, 0.05) is 0 Å². The van der Waals surface area contributed by atoms with E-state index in [9.17, 15) is 9.59 Å². The molecule has 0 aromatic heterocycles. The summed E-state index contributed by atoms with van der Waals surface area (Å²) in [5.74, 6) is -0.391. The molecular formula is C16H27NO4. The van der Waals surface area contributed by atoms with Crippen LogP contribution >= 0.6 is 0 Å². The number of hydrogen-bond acceptors (Lipinski definition) is 4. The van der Waals surface area contributed by atoms with Crippen LogP contribution in [-0.2, 0) is 14.3 Å². The third kappa shape index (κ3) is 5.06. The molecule has 0 aromatic carbocycles. The van der Waals surface area contributed by atoms with Crippen molar-refractivity contribution in [3.8, 4) is 0 Å². The van der Waals surface area contributed by atoms with Gasteiger partial charge in [-0.2, -0.15) is 0 Å². The van der Waals surface area contributed by atoms with Crippen LogP contribution in [0.25, 0.3) is 0 Å². The number of amides is 1. The van der Waals surface area contributed by atoms with Crippen molar-refractivity contribution in [2.75, 3.05) is 0 Å². The van der Waals surface area contributed by atoms with Crippen LogP contribution in [0.4, 0.5) is 4.79 Å². The number of nitrogens with zero attached hydrogens (tertiary/aromatic N) is 1. The lowest BCUT2D eigenvalue weighted by Crippen LogP contribution is -2.48. The number of likely N-dealkylation sites (tertiary alicyclic amines) is 1. The summed E-state index contributed by atoms with van der Waals surface area (Å²) >= 11 is 0. The molecule has 1 rings (SSSR count). The summed E-state index contributed by atoms with van der Waals surface area (Å²) in [5, 5.41) is 0. The first-order valence-electron chi connectivity index (χ1n) is 7.31. The number of rotatable bonds is 2. The fraction of sp³-hybridized carbons (Fsp3) is 0.750. The Bertz CT molecular complexity index is 417. The molecule has 0 aromatic rings. The zero-order chi connectivity index (χ0) is 16.4. The Morgan fingerprint density at radius 1 is 1.05 bits per heavy atom. The molecule has 1 aliphatic rings. The van der Waals surface area contributed by atoms with E-state index in [2.05, 4.69) is 6.58 Å². The van der Waals surface area contributed by atoms with Gasteiger partial charge in [0.05, 0.1) is 6.04 Å². The molecule has 0 bridgehead atoms. The minimum atomic E-state index is -0.609. The molecule has 0 unspecified atom stereocenters. The zero-order valence-corrected chi connectivity index (χ0v) is 13.9. The van der Waals surface area contributed by atoms with E-state index < -0.39 is 29.3 Å². The first-order valence-corrected chi connectivity index (χ1v) is 7.31. The summed E-state index contributed by atoms with van der Waals surface area (Å²) in [6, 6.07) is -0.806. The van der Waals surface area contributed by atoms with E-state index in [-0.39, 0.29) is 6.04 Å². The second kappa shape index (κ2) is 6.08. The van der Waals surface area contributed by atoms with Crippen molar-refractivity contribution in [2.45, 2.75) is 77.7 Å². The summed E-state index contributed by atoms with van der Waals surface area (Å²) in [4.78, 5) is 26.1. The van der Waals surface area contributed by atoms with E-state index in [1.807, 2.05) is 20.8 Å². The van der Waals surface area contributed by atoms with Gasteiger partial charge in [0.25, 0.3) is 0 Å². The molecule has 2 atom stereocenters. The topological polar surface area (TPSA) is 55.8 Å². The summed E-state index contributed by atoms with van der Waals surface area (Å²) in [6.07, 6.45) is 2.42. The molecule has 120 valence electrons. The van der Waals surface area contributed by atoms with Gasteiger partial charge in [-0.25, -0.2) is 9.59 Å². The van der Waals surface area contributed by atoms with Crippen LogP contribution in [0.15, 0.2) is 12.7 Å². The van der Waals surface area contributed by atoms with E-state index in [4.69, 9.17) is 9.47 Å². The maximum atomic E-state index is 12.4. The summed E-state index contributed by atoms with van der Waals surface area (Å²) < 4.78 is 10.8. The lowest BCUT2D eigenvalue weighted by molar-refractivity contribution is -0.160. The quantitative estimate of drug-likeness (QED) is 0.580. The number of esters is 1. The van der Waals surface area contributed by atoms with Crippen LogP contribution < -0.4 is 0 Å². The van der Waals surface area contributed by atoms with Crippen LogP contribution in [0.3, 0.4) is 0 Å². The molecule has 5 nitrogen and oxygen atoms in total. The molecule has 1 heterocycles. The normalized spacial score (nSPS) is 22.9. The molecule has 1 aliphatic heterocycles. The Kier molecular flexibility index (Phi) is 5.07. The molecule has 1 saturated heterocycles. The van der Waals surface area contributed by atoms with E-state index in [1.165, 1.54) is 4.90 Å². The van der Waals surface area contributed by atoms with Crippen molar-refractivity contribution in [3.05, 3.63) is 12.7 Å². The highest BCUT2D eigenvalue weighted by molar-refractivity contribution is 5.83. The molecule has 0 aliphatic carbocycles. The van der Waals surface area contributed by atoms with Gasteiger partial charge in [0.1, 0.15) is 17.2 Å². The Labute approximate surface area is 127 Å². The van der Waals surface area contributed by atoms with Crippen molar-refractivity contribution in [1.82, 2.24) is 4.90 Å². The van der Waals surface area contributed by atoms with Gasteiger partial charge in [-0.15, -0.1) is 6.58 Å². The Hall–Kier alpha value is -1.52. The Morgan fingerprint density at radius 3 is 2.00 bits per heavy atom. The molecular weight excluding hydrogens is 270 g/mol. The fourth-order valence-electron chi connectivity index (χ4n) is 2.25. The van der Waals surface area contributed by atoms with Crippen molar-refractivity contribution < 1.29 is 19.1 Å². The molecule has 0 spiro atoms. The molecule has 0 radical (unpaired) electrons. The van der Waals surface area contributed by atoms with Gasteiger partial charge in [0.15, 0.2) is 0 Å². The second-order valence-corrected chi connectivity index (χ2v) is 7.32. The number of carbonyl (C=O) groups excluding carboxylic acids is 2. The van der Waals surface area contributed by atoms with Crippen molar-refractivity contribution >= 4 is 12.1 Å². The van der Waals surface area contributed by atoms with Crippen LogP contribution in [-0.4, -0.2) is 40.2 Å². The number of hydrogen-bond donors (Lipinski definition) is 0. The summed E-state index contributed by atoms with van der Waals surface area (Å²) in [7, 11) is 0. The molecule has 0 N–H and O–H groups in total. The summed E-state index contributed by atoms with van der Waals surface area (Å²) in [5.41, 5.74) is -1.19. The third-order valence-corrected chi connectivity index (χ3v) is 2.98. The molecule has 1 amide bonds. The van der Waals surface area contributed by atoms with E-state index in [0.29, 0.717) is 12.8 Å². The molecule has 5 heteroatoms. The highest BCUT2D eigenvalue weighted by Crippen LogP contribution is 2.29. The highest BCUT2D eigenvalue weighted by atomic mass is 16.6. The predicted octanol–water partition coefficient (Wildman–Crippen LogP) is 3.28. The van der Waals surface area contributed by atoms with Crippen LogP contribution in [0.5, 0.6) is 0 Å². The van der Waals surface area contributed by atoms with Crippen molar-refractivity contribution in [3.63, 3.8) is 0 Å². The maximum Gasteiger partial charge on any atom is 0.411 e. The zero-order valence-electron chi connectivity index (χ0n) is 13.9. The molecule has 21 heavy (non-hydrogen) atoms. The Morgan fingerprint density at radius 2 is 1.57 bits per heavy atom. The number of carbonyl (C=O) groups is 2. The predicted molar refractivity (Wildman–Crippen MR) is 80.9 cm³/mol. The molecule has 0 saturated carbocycles. The number of ether oxygens (including phenoxy) is 2. The SMILES string of the molecule is C=C[C@H]1CC[C@@H](C(=O)OC(C)(C)C)N1C(=O)OC(C)(C)C. The average Bonchev–Trinajstić information content (AvgIpc) is 2.67. The lowest BCUT2D eigenvalue weighted by Gasteiger charge is -2.32. The smallest absolute Gasteiger partial charge is 0.411 e. The van der Waals surface area contributed by atoms with E-state index in [0.717, 1.165) is 0 Å². The standard InChI is InChI=1S/C16H27NO4/c1-8-11-9-10-12(13(18)20-15(2,3)4)17(11)14(19)21-16(5,6)7/h8,11-12H,1,9-10H2,2-7H3/t11-,12-/m0/s1. The maximum absolute atomic E-state index is 12.4. The average molecular weight is 297 g/mol. The lowest BCUT2D eigenvalue weighted by atomic mass is 10.1. The van der Waals surface area contributed by atoms with Crippen LogP contribution in [0, 0.1) is 0 Å². The van der Waals surface area contributed by atoms with E-state index in [1.54, 1.807) is 26.8 Å². The fourth-order valence-corrected chi connectivity index (χ4v) is 2.25. The molecule has 1 fully saturated rings. The third-order valence-electron chi connectivity index (χ3n) is 2.98. The van der Waals surface area contributed by atoms with Gasteiger partial charge in [-0.3, -0.25) is 4.90 Å². The minimum absolute atomic E-state index is 0.197. The van der Waals surface area contributed by atoms with Crippen molar-refractivity contribution in [1.29, 1.82) is 0 Å². The van der Waals surface area contributed by atoms with E-state index >= 15 is 0 Å². The highest BCUT2D eigenvalue weighted by Gasteiger charge is 2.43. The van der Waals surface area contributed by atoms with Gasteiger partial charge in [0.2, 0.25) is 0 Å². The van der Waals surface area contributed by atoms with Crippen molar-refractivity contribution in [2.24, 2.45) is 0 Å².